The molecule has 1 aromatic heterocycles. The fourth-order valence-electron chi connectivity index (χ4n) is 4.00. The quantitative estimate of drug-likeness (QED) is 0.211. The van der Waals surface area contributed by atoms with Gasteiger partial charge in [0.15, 0.2) is 11.5 Å². The number of aliphatic hydroxyl groups is 1. The molecule has 4 rings (SSSR count). The highest BCUT2D eigenvalue weighted by Gasteiger charge is 2.46. The van der Waals surface area contributed by atoms with E-state index >= 15 is 0 Å². The number of ether oxygens (including phenoxy) is 3. The summed E-state index contributed by atoms with van der Waals surface area (Å²) in [6, 6.07) is 14.3. The van der Waals surface area contributed by atoms with E-state index in [0.717, 1.165) is 0 Å². The minimum atomic E-state index is -0.846. The highest BCUT2D eigenvalue weighted by Crippen LogP contribution is 2.41. The number of Topliss-reactive ketones (excluding diaryl/α,β-unsaturated/α-hetero) is 1. The van der Waals surface area contributed by atoms with Crippen LogP contribution >= 0.6 is 0 Å². The van der Waals surface area contributed by atoms with Gasteiger partial charge in [0.25, 0.3) is 11.7 Å². The first-order chi connectivity index (χ1) is 17.0. The first-order valence-corrected chi connectivity index (χ1v) is 10.8. The van der Waals surface area contributed by atoms with Crippen molar-refractivity contribution in [1.82, 2.24) is 4.90 Å². The van der Waals surface area contributed by atoms with Crippen LogP contribution in [0.5, 0.6) is 17.2 Å². The standard InChI is InChI=1S/C27H25NO7/c1-4-13-34-19-10-7-17(8-11-19)24-23(25(29)18-9-12-21(32-2)22(15-18)33-3)26(30)27(31)28(24)16-20-6-5-14-35-20/h4-12,14-15,24,29H,1,13,16H2,2-3H3/b25-23-. The number of furan rings is 1. The van der Waals surface area contributed by atoms with Crippen LogP contribution in [-0.2, 0) is 16.1 Å². The fourth-order valence-corrected chi connectivity index (χ4v) is 4.00. The van der Waals surface area contributed by atoms with Crippen LogP contribution in [-0.4, -0.2) is 42.5 Å². The molecule has 0 saturated carbocycles. The van der Waals surface area contributed by atoms with E-state index in [1.54, 1.807) is 60.7 Å². The predicted molar refractivity (Wildman–Crippen MR) is 128 cm³/mol. The minimum absolute atomic E-state index is 0.0338. The molecule has 2 aromatic carbocycles. The molecular weight excluding hydrogens is 450 g/mol. The topological polar surface area (TPSA) is 98.4 Å². The van der Waals surface area contributed by atoms with Crippen LogP contribution in [0.2, 0.25) is 0 Å². The number of methoxy groups -OCH3 is 2. The third-order valence-electron chi connectivity index (χ3n) is 5.67. The van der Waals surface area contributed by atoms with E-state index in [1.165, 1.54) is 25.4 Å². The monoisotopic (exact) mass is 475 g/mol. The van der Waals surface area contributed by atoms with Gasteiger partial charge in [0.1, 0.15) is 23.9 Å². The van der Waals surface area contributed by atoms with Crippen LogP contribution < -0.4 is 14.2 Å². The Morgan fingerprint density at radius 2 is 1.83 bits per heavy atom. The molecule has 1 N–H and O–H groups in total. The number of likely N-dealkylation sites (tertiary alicyclic amines) is 1. The number of hydrogen-bond acceptors (Lipinski definition) is 7. The molecule has 35 heavy (non-hydrogen) atoms. The molecule has 180 valence electrons. The lowest BCUT2D eigenvalue weighted by atomic mass is 9.95. The maximum atomic E-state index is 13.2. The number of aliphatic hydroxyl groups excluding tert-OH is 1. The Hall–Kier alpha value is -4.46. The second kappa shape index (κ2) is 10.2. The number of hydrogen-bond donors (Lipinski definition) is 1. The van der Waals surface area contributed by atoms with Gasteiger partial charge in [-0.3, -0.25) is 9.59 Å². The second-order valence-corrected chi connectivity index (χ2v) is 7.74. The van der Waals surface area contributed by atoms with Crippen molar-refractivity contribution >= 4 is 17.4 Å². The van der Waals surface area contributed by atoms with Gasteiger partial charge in [-0.15, -0.1) is 0 Å². The lowest BCUT2D eigenvalue weighted by Gasteiger charge is -2.24. The number of amides is 1. The van der Waals surface area contributed by atoms with Crippen molar-refractivity contribution < 1.29 is 33.3 Å². The van der Waals surface area contributed by atoms with Gasteiger partial charge in [0, 0.05) is 5.56 Å². The smallest absolute Gasteiger partial charge is 0.296 e. The van der Waals surface area contributed by atoms with E-state index in [-0.39, 0.29) is 17.9 Å². The Morgan fingerprint density at radius 3 is 2.46 bits per heavy atom. The number of carbonyl (C=O) groups excluding carboxylic acids is 2. The molecular formula is C27H25NO7. The van der Waals surface area contributed by atoms with Crippen LogP contribution in [0.3, 0.4) is 0 Å². The van der Waals surface area contributed by atoms with E-state index in [0.29, 0.717) is 40.7 Å². The molecule has 8 nitrogen and oxygen atoms in total. The van der Waals surface area contributed by atoms with Gasteiger partial charge in [-0.05, 0) is 48.0 Å². The number of nitrogens with zero attached hydrogens (tertiary/aromatic N) is 1. The van der Waals surface area contributed by atoms with Crippen molar-refractivity contribution in [1.29, 1.82) is 0 Å². The molecule has 1 aliphatic heterocycles. The Kier molecular flexibility index (Phi) is 6.91. The summed E-state index contributed by atoms with van der Waals surface area (Å²) >= 11 is 0. The first kappa shape index (κ1) is 23.7. The lowest BCUT2D eigenvalue weighted by Crippen LogP contribution is -2.29. The molecule has 0 radical (unpaired) electrons. The normalized spacial score (nSPS) is 16.9. The third kappa shape index (κ3) is 4.63. The molecule has 2 heterocycles. The fraction of sp³-hybridized carbons (Fsp3) is 0.185. The van der Waals surface area contributed by atoms with Crippen molar-refractivity contribution in [2.45, 2.75) is 12.6 Å². The van der Waals surface area contributed by atoms with E-state index in [4.69, 9.17) is 18.6 Å². The van der Waals surface area contributed by atoms with Gasteiger partial charge in [0.2, 0.25) is 0 Å². The summed E-state index contributed by atoms with van der Waals surface area (Å²) in [6.45, 7) is 4.03. The molecule has 1 amide bonds. The number of rotatable bonds is 9. The van der Waals surface area contributed by atoms with Crippen LogP contribution in [0.4, 0.5) is 0 Å². The Balaban J connectivity index is 1.82. The molecule has 1 unspecified atom stereocenters. The van der Waals surface area contributed by atoms with E-state index < -0.39 is 17.7 Å². The highest BCUT2D eigenvalue weighted by atomic mass is 16.5. The number of ketones is 1. The van der Waals surface area contributed by atoms with Gasteiger partial charge in [-0.2, -0.15) is 0 Å². The maximum absolute atomic E-state index is 13.2. The van der Waals surface area contributed by atoms with Crippen LogP contribution in [0.15, 0.2) is 83.5 Å². The maximum Gasteiger partial charge on any atom is 0.296 e. The molecule has 0 spiro atoms. The highest BCUT2D eigenvalue weighted by molar-refractivity contribution is 6.46. The average Bonchev–Trinajstić information content (AvgIpc) is 3.49. The zero-order valence-electron chi connectivity index (χ0n) is 19.4. The molecule has 3 aromatic rings. The zero-order chi connectivity index (χ0) is 24.9. The second-order valence-electron chi connectivity index (χ2n) is 7.74. The van der Waals surface area contributed by atoms with Crippen LogP contribution in [0.25, 0.3) is 5.76 Å². The Morgan fingerprint density at radius 1 is 1.09 bits per heavy atom. The van der Waals surface area contributed by atoms with E-state index in [9.17, 15) is 14.7 Å². The average molecular weight is 475 g/mol. The summed E-state index contributed by atoms with van der Waals surface area (Å²) in [6.07, 6.45) is 3.13. The summed E-state index contributed by atoms with van der Waals surface area (Å²) in [5, 5.41) is 11.3. The van der Waals surface area contributed by atoms with Crippen molar-refractivity contribution in [2.24, 2.45) is 0 Å². The zero-order valence-corrected chi connectivity index (χ0v) is 19.4. The molecule has 1 saturated heterocycles. The lowest BCUT2D eigenvalue weighted by molar-refractivity contribution is -0.140. The molecule has 0 aliphatic carbocycles. The van der Waals surface area contributed by atoms with E-state index in [1.807, 2.05) is 0 Å². The SMILES string of the molecule is C=CCOc1ccc(C2/C(=C(/O)c3ccc(OC)c(OC)c3)C(=O)C(=O)N2Cc2ccco2)cc1. The molecule has 1 aliphatic rings. The summed E-state index contributed by atoms with van der Waals surface area (Å²) < 4.78 is 21.6. The van der Waals surface area contributed by atoms with Gasteiger partial charge in [-0.1, -0.05) is 24.8 Å². The van der Waals surface area contributed by atoms with Crippen LogP contribution in [0.1, 0.15) is 22.9 Å². The van der Waals surface area contributed by atoms with Gasteiger partial charge >= 0.3 is 0 Å². The predicted octanol–water partition coefficient (Wildman–Crippen LogP) is 4.48. The van der Waals surface area contributed by atoms with Crippen molar-refractivity contribution in [2.75, 3.05) is 20.8 Å². The number of carbonyl (C=O) groups is 2. The largest absolute Gasteiger partial charge is 0.507 e. The number of benzene rings is 2. The van der Waals surface area contributed by atoms with Crippen molar-refractivity contribution in [3.8, 4) is 17.2 Å². The Bertz CT molecular complexity index is 1260. The molecule has 8 heteroatoms. The van der Waals surface area contributed by atoms with Gasteiger partial charge in [-0.25, -0.2) is 0 Å². The summed E-state index contributed by atoms with van der Waals surface area (Å²) in [5.41, 5.74) is 0.909. The molecule has 1 fully saturated rings. The van der Waals surface area contributed by atoms with E-state index in [2.05, 4.69) is 6.58 Å². The first-order valence-electron chi connectivity index (χ1n) is 10.8. The van der Waals surface area contributed by atoms with Crippen LogP contribution in [0, 0.1) is 0 Å². The van der Waals surface area contributed by atoms with Crippen molar-refractivity contribution in [3.05, 3.63) is 96.0 Å². The molecule has 1 atom stereocenters. The van der Waals surface area contributed by atoms with Gasteiger partial charge < -0.3 is 28.6 Å². The Labute approximate surface area is 202 Å². The summed E-state index contributed by atoms with van der Waals surface area (Å²) in [4.78, 5) is 27.7. The van der Waals surface area contributed by atoms with Gasteiger partial charge in [0.05, 0.1) is 38.6 Å². The minimum Gasteiger partial charge on any atom is -0.507 e. The molecule has 0 bridgehead atoms. The summed E-state index contributed by atoms with van der Waals surface area (Å²) in [5.74, 6) is 0.116. The summed E-state index contributed by atoms with van der Waals surface area (Å²) in [7, 11) is 2.97. The third-order valence-corrected chi connectivity index (χ3v) is 5.67. The van der Waals surface area contributed by atoms with Crippen molar-refractivity contribution in [3.63, 3.8) is 0 Å².